The molecular weight excluding hydrogens is 385 g/mol. The van der Waals surface area contributed by atoms with Crippen LogP contribution in [0.5, 0.6) is 5.75 Å². The first-order valence-electron chi connectivity index (χ1n) is 8.77. The fraction of sp³-hybridized carbons (Fsp3) is 0.611. The Morgan fingerprint density at radius 1 is 1.37 bits per heavy atom. The smallest absolute Gasteiger partial charge is 0.416 e. The molecule has 1 aromatic rings. The molecule has 0 bridgehead atoms. The Morgan fingerprint density at radius 2 is 2.07 bits per heavy atom. The third-order valence-electron chi connectivity index (χ3n) is 5.22. The molecule has 5 nitrogen and oxygen atoms in total. The fourth-order valence-electron chi connectivity index (χ4n) is 3.55. The third kappa shape index (κ3) is 5.49. The van der Waals surface area contributed by atoms with Crippen molar-refractivity contribution in [3.63, 3.8) is 0 Å². The summed E-state index contributed by atoms with van der Waals surface area (Å²) in [6, 6.07) is 4.48. The predicted octanol–water partition coefficient (Wildman–Crippen LogP) is 2.37. The lowest BCUT2D eigenvalue weighted by molar-refractivity contribution is -0.137. The van der Waals surface area contributed by atoms with Gasteiger partial charge in [0.2, 0.25) is 5.91 Å². The summed E-state index contributed by atoms with van der Waals surface area (Å²) in [6.07, 6.45) is -2.56. The summed E-state index contributed by atoms with van der Waals surface area (Å²) >= 11 is 0. The number of hydrogen-bond donors (Lipinski definition) is 3. The van der Waals surface area contributed by atoms with E-state index in [4.69, 9.17) is 4.74 Å². The number of carbonyl (C=O) groups is 1. The molecule has 2 aliphatic rings. The molecule has 9 heteroatoms. The van der Waals surface area contributed by atoms with Crippen molar-refractivity contribution in [2.45, 2.75) is 31.5 Å². The minimum Gasteiger partial charge on any atom is -0.491 e. The molecule has 3 N–H and O–H groups in total. The van der Waals surface area contributed by atoms with E-state index in [0.29, 0.717) is 0 Å². The van der Waals surface area contributed by atoms with E-state index >= 15 is 0 Å². The normalized spacial score (nSPS) is 21.9. The number of hydrogen-bond acceptors (Lipinski definition) is 4. The molecule has 0 radical (unpaired) electrons. The molecule has 3 rings (SSSR count). The molecular formula is C18H24ClF3N2O3. The van der Waals surface area contributed by atoms with Crippen molar-refractivity contribution in [2.24, 2.45) is 11.3 Å². The molecule has 2 fully saturated rings. The van der Waals surface area contributed by atoms with Crippen molar-refractivity contribution in [3.8, 4) is 5.75 Å². The zero-order valence-corrected chi connectivity index (χ0v) is 15.5. The number of rotatable bonds is 6. The summed E-state index contributed by atoms with van der Waals surface area (Å²) in [4.78, 5) is 12.2. The van der Waals surface area contributed by atoms with E-state index in [1.54, 1.807) is 0 Å². The fourth-order valence-corrected chi connectivity index (χ4v) is 3.55. The minimum atomic E-state index is -4.44. The second-order valence-corrected chi connectivity index (χ2v) is 7.10. The average Bonchev–Trinajstić information content (AvgIpc) is 3.31. The number of carbonyl (C=O) groups excluding carboxylic acids is 1. The standard InChI is InChI=1S/C18H23F3N2O3.ClH/c19-18(20,21)12-2-1-3-14(8-12)26-11-13(24)10-23-16(25)15-9-17(15)4-6-22-7-5-17;/h1-3,8,13,15,22,24H,4-7,9-11H2,(H,23,25);1H. The molecule has 1 saturated heterocycles. The lowest BCUT2D eigenvalue weighted by atomic mass is 9.92. The van der Waals surface area contributed by atoms with E-state index in [-0.39, 0.29) is 48.5 Å². The third-order valence-corrected chi connectivity index (χ3v) is 5.22. The van der Waals surface area contributed by atoms with Crippen molar-refractivity contribution in [3.05, 3.63) is 29.8 Å². The van der Waals surface area contributed by atoms with Gasteiger partial charge in [-0.25, -0.2) is 0 Å². The van der Waals surface area contributed by atoms with E-state index in [2.05, 4.69) is 10.6 Å². The van der Waals surface area contributed by atoms with Crippen molar-refractivity contribution in [1.29, 1.82) is 0 Å². The lowest BCUT2D eigenvalue weighted by Gasteiger charge is -2.23. The summed E-state index contributed by atoms with van der Waals surface area (Å²) in [5.74, 6) is -0.0349. The molecule has 1 aromatic carbocycles. The first-order chi connectivity index (χ1) is 12.3. The van der Waals surface area contributed by atoms with Crippen LogP contribution in [-0.2, 0) is 11.0 Å². The Balaban J connectivity index is 0.00000261. The lowest BCUT2D eigenvalue weighted by Crippen LogP contribution is -2.38. The highest BCUT2D eigenvalue weighted by molar-refractivity contribution is 5.85. The van der Waals surface area contributed by atoms with Gasteiger partial charge in [-0.3, -0.25) is 4.79 Å². The molecule has 152 valence electrons. The van der Waals surface area contributed by atoms with Gasteiger partial charge in [-0.15, -0.1) is 12.4 Å². The van der Waals surface area contributed by atoms with Gasteiger partial charge in [0.25, 0.3) is 0 Å². The molecule has 1 amide bonds. The average molecular weight is 409 g/mol. The topological polar surface area (TPSA) is 70.6 Å². The second-order valence-electron chi connectivity index (χ2n) is 7.10. The maximum atomic E-state index is 12.7. The maximum Gasteiger partial charge on any atom is 0.416 e. The van der Waals surface area contributed by atoms with Gasteiger partial charge in [0.1, 0.15) is 18.5 Å². The van der Waals surface area contributed by atoms with Gasteiger partial charge in [0, 0.05) is 12.5 Å². The Kier molecular flexibility index (Phi) is 6.99. The zero-order chi connectivity index (χ0) is 18.8. The van der Waals surface area contributed by atoms with Crippen molar-refractivity contribution >= 4 is 18.3 Å². The monoisotopic (exact) mass is 408 g/mol. The van der Waals surface area contributed by atoms with Crippen molar-refractivity contribution in [2.75, 3.05) is 26.2 Å². The van der Waals surface area contributed by atoms with Gasteiger partial charge in [0.15, 0.2) is 0 Å². The quantitative estimate of drug-likeness (QED) is 0.676. The first kappa shape index (κ1) is 21.8. The first-order valence-corrected chi connectivity index (χ1v) is 8.77. The van der Waals surface area contributed by atoms with Crippen LogP contribution < -0.4 is 15.4 Å². The number of piperidine rings is 1. The summed E-state index contributed by atoms with van der Waals surface area (Å²) in [5, 5.41) is 15.9. The molecule has 1 saturated carbocycles. The Labute approximate surface area is 162 Å². The highest BCUT2D eigenvalue weighted by Gasteiger charge is 2.57. The van der Waals surface area contributed by atoms with E-state index in [9.17, 15) is 23.1 Å². The van der Waals surface area contributed by atoms with Crippen LogP contribution in [0.4, 0.5) is 13.2 Å². The summed E-state index contributed by atoms with van der Waals surface area (Å²) in [6.45, 7) is 1.68. The van der Waals surface area contributed by atoms with Crippen molar-refractivity contribution < 1.29 is 27.8 Å². The van der Waals surface area contributed by atoms with Crippen LogP contribution in [-0.4, -0.2) is 43.4 Å². The molecule has 1 spiro atoms. The largest absolute Gasteiger partial charge is 0.491 e. The molecule has 2 atom stereocenters. The van der Waals surface area contributed by atoms with E-state index in [1.807, 2.05) is 0 Å². The van der Waals surface area contributed by atoms with Crippen LogP contribution in [0.15, 0.2) is 24.3 Å². The SMILES string of the molecule is Cl.O=C(NCC(O)COc1cccc(C(F)(F)F)c1)C1CC12CCNCC2. The maximum absolute atomic E-state index is 12.7. The van der Waals surface area contributed by atoms with E-state index in [1.165, 1.54) is 12.1 Å². The number of ether oxygens (including phenoxy) is 1. The van der Waals surface area contributed by atoms with Gasteiger partial charge in [-0.1, -0.05) is 6.07 Å². The van der Waals surface area contributed by atoms with Gasteiger partial charge in [0.05, 0.1) is 5.56 Å². The number of halogens is 4. The number of nitrogens with one attached hydrogen (secondary N) is 2. The molecule has 1 aliphatic carbocycles. The zero-order valence-electron chi connectivity index (χ0n) is 14.7. The van der Waals surface area contributed by atoms with Gasteiger partial charge in [-0.05, 0) is 56.0 Å². The van der Waals surface area contributed by atoms with Crippen LogP contribution in [0.25, 0.3) is 0 Å². The Morgan fingerprint density at radius 3 is 2.74 bits per heavy atom. The van der Waals surface area contributed by atoms with Gasteiger partial charge < -0.3 is 20.5 Å². The van der Waals surface area contributed by atoms with Crippen LogP contribution >= 0.6 is 12.4 Å². The van der Waals surface area contributed by atoms with Crippen LogP contribution in [0.3, 0.4) is 0 Å². The highest BCUT2D eigenvalue weighted by Crippen LogP contribution is 2.58. The van der Waals surface area contributed by atoms with Crippen LogP contribution in [0.1, 0.15) is 24.8 Å². The van der Waals surface area contributed by atoms with Gasteiger partial charge >= 0.3 is 6.18 Å². The van der Waals surface area contributed by atoms with E-state index in [0.717, 1.165) is 44.5 Å². The molecule has 2 unspecified atom stereocenters. The number of alkyl halides is 3. The number of aliphatic hydroxyl groups excluding tert-OH is 1. The molecule has 1 heterocycles. The Bertz CT molecular complexity index is 651. The predicted molar refractivity (Wildman–Crippen MR) is 95.8 cm³/mol. The van der Waals surface area contributed by atoms with Gasteiger partial charge in [-0.2, -0.15) is 13.2 Å². The highest BCUT2D eigenvalue weighted by atomic mass is 35.5. The second kappa shape index (κ2) is 8.67. The molecule has 0 aromatic heterocycles. The Hall–Kier alpha value is -1.51. The van der Waals surface area contributed by atoms with Crippen molar-refractivity contribution in [1.82, 2.24) is 10.6 Å². The number of aliphatic hydroxyl groups is 1. The van der Waals surface area contributed by atoms with Crippen LogP contribution in [0, 0.1) is 11.3 Å². The minimum absolute atomic E-state index is 0. The summed E-state index contributed by atoms with van der Waals surface area (Å²) in [7, 11) is 0. The summed E-state index contributed by atoms with van der Waals surface area (Å²) < 4.78 is 43.2. The molecule has 27 heavy (non-hydrogen) atoms. The van der Waals surface area contributed by atoms with E-state index < -0.39 is 17.8 Å². The van der Waals surface area contributed by atoms with Crippen LogP contribution in [0.2, 0.25) is 0 Å². The summed E-state index contributed by atoms with van der Waals surface area (Å²) in [5.41, 5.74) is -0.687. The molecule has 1 aliphatic heterocycles. The number of benzene rings is 1. The number of amides is 1.